The van der Waals surface area contributed by atoms with Gasteiger partial charge in [-0.15, -0.1) is 0 Å². The van der Waals surface area contributed by atoms with Crippen LogP contribution in [0.15, 0.2) is 0 Å². The van der Waals surface area contributed by atoms with Crippen LogP contribution in [0.2, 0.25) is 0 Å². The van der Waals surface area contributed by atoms with Crippen molar-refractivity contribution in [3.63, 3.8) is 0 Å². The maximum atomic E-state index is 10.8. The van der Waals surface area contributed by atoms with E-state index >= 15 is 0 Å². The Kier molecular flexibility index (Phi) is 15.4. The molecule has 0 radical (unpaired) electrons. The van der Waals surface area contributed by atoms with E-state index in [9.17, 15) is 21.6 Å². The minimum absolute atomic E-state index is 0.0949. The van der Waals surface area contributed by atoms with Crippen molar-refractivity contribution >= 4 is 20.2 Å². The van der Waals surface area contributed by atoms with E-state index in [0.717, 1.165) is 17.4 Å². The lowest BCUT2D eigenvalue weighted by Gasteiger charge is -2.39. The summed E-state index contributed by atoms with van der Waals surface area (Å²) in [6, 6.07) is 0. The molecule has 0 bridgehead atoms. The van der Waals surface area contributed by atoms with Crippen molar-refractivity contribution in [2.45, 2.75) is 77.6 Å². The van der Waals surface area contributed by atoms with Crippen LogP contribution in [0.5, 0.6) is 0 Å². The second-order valence-corrected chi connectivity index (χ2v) is 10.1. The van der Waals surface area contributed by atoms with Crippen LogP contribution in [0.4, 0.5) is 13.2 Å². The average molecular weight is 472 g/mol. The Morgan fingerprint density at radius 1 is 0.759 bits per heavy atom. The van der Waals surface area contributed by atoms with E-state index in [4.69, 9.17) is 17.5 Å². The molecule has 0 aromatic heterocycles. The molecule has 0 unspecified atom stereocenters. The van der Waals surface area contributed by atoms with Crippen LogP contribution < -0.4 is 0 Å². The molecular weight excluding hydrogens is 435 g/mol. The zero-order chi connectivity index (χ0) is 23.2. The standard InChI is InChI=1S/C16H35NO3S.CHF3O3S/c1-4-7-12-17(13-8-5-2,14-9-6-3)15-10-11-16-21(18,19)20;2-1(3,4)8(5,6)7/h4-16H2,1-3H3;(H,5,6,7). The molecule has 0 amide bonds. The lowest BCUT2D eigenvalue weighted by atomic mass is 10.1. The summed E-state index contributed by atoms with van der Waals surface area (Å²) in [6.45, 7) is 11.4. The van der Waals surface area contributed by atoms with Gasteiger partial charge in [-0.05, 0) is 32.1 Å². The van der Waals surface area contributed by atoms with Crippen LogP contribution in [0.25, 0.3) is 0 Å². The first-order chi connectivity index (χ1) is 13.1. The van der Waals surface area contributed by atoms with Gasteiger partial charge < -0.3 is 9.04 Å². The number of rotatable bonds is 14. The van der Waals surface area contributed by atoms with Crippen LogP contribution >= 0.6 is 0 Å². The smallest absolute Gasteiger partial charge is 0.485 e. The van der Waals surface area contributed by atoms with E-state index in [1.54, 1.807) is 0 Å². The molecule has 0 atom stereocenters. The molecule has 1 N–H and O–H groups in total. The fourth-order valence-electron chi connectivity index (χ4n) is 2.88. The summed E-state index contributed by atoms with van der Waals surface area (Å²) in [5.74, 6) is -0.0949. The van der Waals surface area contributed by atoms with Gasteiger partial charge in [-0.1, -0.05) is 40.0 Å². The van der Waals surface area contributed by atoms with Gasteiger partial charge in [0, 0.05) is 0 Å². The maximum absolute atomic E-state index is 10.8. The molecule has 0 saturated carbocycles. The van der Waals surface area contributed by atoms with E-state index in [0.29, 0.717) is 6.42 Å². The minimum atomic E-state index is -6.09. The molecule has 0 heterocycles. The normalized spacial score (nSPS) is 13.1. The summed E-state index contributed by atoms with van der Waals surface area (Å²) < 4.78 is 90.5. The monoisotopic (exact) mass is 471 g/mol. The van der Waals surface area contributed by atoms with Crippen LogP contribution in [0, 0.1) is 0 Å². The highest BCUT2D eigenvalue weighted by Crippen LogP contribution is 2.20. The number of halogens is 3. The third-order valence-corrected chi connectivity index (χ3v) is 5.90. The second-order valence-electron chi connectivity index (χ2n) is 7.19. The highest BCUT2D eigenvalue weighted by molar-refractivity contribution is 7.86. The minimum Gasteiger partial charge on any atom is -0.741 e. The molecule has 0 spiro atoms. The molecule has 0 aromatic carbocycles. The van der Waals surface area contributed by atoms with Gasteiger partial charge in [-0.2, -0.15) is 21.6 Å². The Balaban J connectivity index is 0. The predicted molar refractivity (Wildman–Crippen MR) is 106 cm³/mol. The van der Waals surface area contributed by atoms with Crippen molar-refractivity contribution in [2.24, 2.45) is 0 Å². The van der Waals surface area contributed by atoms with E-state index in [1.807, 2.05) is 0 Å². The molecule has 0 aliphatic carbocycles. The summed E-state index contributed by atoms with van der Waals surface area (Å²) in [7, 11) is -9.89. The predicted octanol–water partition coefficient (Wildman–Crippen LogP) is 3.92. The number of quaternary nitrogens is 1. The Morgan fingerprint density at radius 3 is 1.31 bits per heavy atom. The Labute approximate surface area is 173 Å². The summed E-state index contributed by atoms with van der Waals surface area (Å²) in [6.07, 6.45) is 8.82. The van der Waals surface area contributed by atoms with E-state index in [2.05, 4.69) is 20.8 Å². The van der Waals surface area contributed by atoms with Gasteiger partial charge in [0.2, 0.25) is 0 Å². The fraction of sp³-hybridized carbons (Fsp3) is 1.00. The lowest BCUT2D eigenvalue weighted by molar-refractivity contribution is -0.929. The van der Waals surface area contributed by atoms with Crippen molar-refractivity contribution in [1.82, 2.24) is 0 Å². The summed E-state index contributed by atoms with van der Waals surface area (Å²) in [5, 5.41) is 0. The number of alkyl halides is 3. The van der Waals surface area contributed by atoms with Crippen LogP contribution in [-0.2, 0) is 20.2 Å². The van der Waals surface area contributed by atoms with Crippen LogP contribution in [0.3, 0.4) is 0 Å². The quantitative estimate of drug-likeness (QED) is 0.178. The largest absolute Gasteiger partial charge is 0.741 e. The van der Waals surface area contributed by atoms with Gasteiger partial charge in [0.15, 0.2) is 10.1 Å². The zero-order valence-electron chi connectivity index (χ0n) is 17.6. The first-order valence-electron chi connectivity index (χ1n) is 9.96. The third-order valence-electron chi connectivity index (χ3n) is 4.53. The van der Waals surface area contributed by atoms with Gasteiger partial charge in [0.1, 0.15) is 0 Å². The van der Waals surface area contributed by atoms with E-state index < -0.39 is 25.7 Å². The van der Waals surface area contributed by atoms with E-state index in [-0.39, 0.29) is 5.75 Å². The molecule has 29 heavy (non-hydrogen) atoms. The highest BCUT2D eigenvalue weighted by Gasteiger charge is 2.36. The Hall–Kier alpha value is -0.430. The van der Waals surface area contributed by atoms with Crippen LogP contribution in [0.1, 0.15) is 72.1 Å². The van der Waals surface area contributed by atoms with Gasteiger partial charge in [-0.3, -0.25) is 4.55 Å². The Morgan fingerprint density at radius 2 is 1.07 bits per heavy atom. The molecule has 0 fully saturated rings. The number of hydrogen-bond donors (Lipinski definition) is 1. The van der Waals surface area contributed by atoms with Crippen molar-refractivity contribution in [2.75, 3.05) is 31.9 Å². The molecule has 0 aliphatic heterocycles. The second kappa shape index (κ2) is 14.6. The molecule has 178 valence electrons. The molecule has 7 nitrogen and oxygen atoms in total. The number of hydrogen-bond acceptors (Lipinski definition) is 5. The first-order valence-corrected chi connectivity index (χ1v) is 13.0. The van der Waals surface area contributed by atoms with Gasteiger partial charge in [0.05, 0.1) is 31.9 Å². The first kappa shape index (κ1) is 30.8. The van der Waals surface area contributed by atoms with E-state index in [1.165, 1.54) is 58.2 Å². The summed E-state index contributed by atoms with van der Waals surface area (Å²) >= 11 is 0. The fourth-order valence-corrected chi connectivity index (χ4v) is 3.45. The number of unbranched alkanes of at least 4 members (excludes halogenated alkanes) is 4. The van der Waals surface area contributed by atoms with Crippen molar-refractivity contribution in [1.29, 1.82) is 0 Å². The van der Waals surface area contributed by atoms with Crippen molar-refractivity contribution in [3.8, 4) is 0 Å². The van der Waals surface area contributed by atoms with Crippen molar-refractivity contribution in [3.05, 3.63) is 0 Å². The van der Waals surface area contributed by atoms with Gasteiger partial charge >= 0.3 is 5.51 Å². The molecule has 0 saturated heterocycles. The topological polar surface area (TPSA) is 112 Å². The van der Waals surface area contributed by atoms with Crippen molar-refractivity contribution < 1.29 is 43.6 Å². The SMILES string of the molecule is CCCC[N+](CCCC)(CCCC)CCCCS(=O)(=O)O.O=S(=O)([O-])C(F)(F)F. The average Bonchev–Trinajstić information content (AvgIpc) is 2.57. The molecule has 12 heteroatoms. The summed E-state index contributed by atoms with van der Waals surface area (Å²) in [5.41, 5.74) is -5.65. The summed E-state index contributed by atoms with van der Waals surface area (Å²) in [4.78, 5) is 0. The Bertz CT molecular complexity index is 600. The van der Waals surface area contributed by atoms with Gasteiger partial charge in [-0.25, -0.2) is 8.42 Å². The molecular formula is C17H36F3NO6S2. The maximum Gasteiger partial charge on any atom is 0.485 e. The van der Waals surface area contributed by atoms with Gasteiger partial charge in [0.25, 0.3) is 10.1 Å². The molecule has 0 aliphatic rings. The zero-order valence-corrected chi connectivity index (χ0v) is 19.2. The van der Waals surface area contributed by atoms with Crippen LogP contribution in [-0.4, -0.2) is 67.9 Å². The lowest BCUT2D eigenvalue weighted by Crippen LogP contribution is -2.50. The number of nitrogens with zero attached hydrogens (tertiary/aromatic N) is 1. The molecule has 0 rings (SSSR count). The highest BCUT2D eigenvalue weighted by atomic mass is 32.2. The molecule has 0 aromatic rings. The third kappa shape index (κ3) is 17.0.